The Hall–Kier alpha value is -5.16. The number of para-hydroxylation sites is 1. The molecule has 0 unspecified atom stereocenters. The fourth-order valence-corrected chi connectivity index (χ4v) is 6.61. The van der Waals surface area contributed by atoms with E-state index >= 15 is 4.39 Å². The van der Waals surface area contributed by atoms with E-state index in [4.69, 9.17) is 14.2 Å². The highest BCUT2D eigenvalue weighted by Gasteiger charge is 2.52. The molecular formula is C36H36FN5O5. The monoisotopic (exact) mass is 637 g/mol. The normalized spacial score (nSPS) is 16.8. The van der Waals surface area contributed by atoms with Crippen molar-refractivity contribution in [3.05, 3.63) is 100 Å². The number of benzene rings is 3. The molecule has 2 fully saturated rings. The summed E-state index contributed by atoms with van der Waals surface area (Å²) in [7, 11) is 5.46. The molecule has 1 aliphatic heterocycles. The van der Waals surface area contributed by atoms with E-state index in [0.29, 0.717) is 57.7 Å². The third kappa shape index (κ3) is 5.50. The van der Waals surface area contributed by atoms with Crippen LogP contribution in [0.5, 0.6) is 23.0 Å². The molecule has 2 aromatic heterocycles. The van der Waals surface area contributed by atoms with Crippen molar-refractivity contribution in [1.82, 2.24) is 19.2 Å². The average Bonchev–Trinajstić information content (AvgIpc) is 3.75. The van der Waals surface area contributed by atoms with Gasteiger partial charge in [-0.2, -0.15) is 0 Å². The van der Waals surface area contributed by atoms with Gasteiger partial charge in [0, 0.05) is 48.0 Å². The van der Waals surface area contributed by atoms with Gasteiger partial charge in [0.25, 0.3) is 11.5 Å². The van der Waals surface area contributed by atoms with E-state index in [1.54, 1.807) is 56.2 Å². The van der Waals surface area contributed by atoms with E-state index in [-0.39, 0.29) is 17.0 Å². The number of ether oxygens (including phenoxy) is 3. The number of likely N-dealkylation sites (tertiary alicyclic amines) is 1. The van der Waals surface area contributed by atoms with E-state index in [9.17, 15) is 9.59 Å². The fourth-order valence-electron chi connectivity index (χ4n) is 6.61. The Morgan fingerprint density at radius 2 is 1.79 bits per heavy atom. The lowest BCUT2D eigenvalue weighted by molar-refractivity contribution is 0.102. The van der Waals surface area contributed by atoms with Gasteiger partial charge in [0.05, 0.1) is 24.0 Å². The number of likely N-dealkylation sites (N-methyl/N-ethyl adjacent to an activating group) is 1. The van der Waals surface area contributed by atoms with Crippen molar-refractivity contribution in [2.75, 3.05) is 26.1 Å². The van der Waals surface area contributed by atoms with Gasteiger partial charge >= 0.3 is 0 Å². The lowest BCUT2D eigenvalue weighted by atomic mass is 10.1. The first-order chi connectivity index (χ1) is 22.7. The molecule has 5 aromatic rings. The predicted octanol–water partition coefficient (Wildman–Crippen LogP) is 6.23. The smallest absolute Gasteiger partial charge is 0.284 e. The number of pyridine rings is 1. The molecule has 2 aliphatic rings. The summed E-state index contributed by atoms with van der Waals surface area (Å²) in [6, 6.07) is 18.7. The standard InChI is InChI=1S/C36H36FN5O5/c1-22-33(35(44)42(41(22)3)24-8-6-5-7-9-24)34(43)39-23-10-11-30(27(37)18-23)47-29-13-17-38-28-20-32(31(45-4)19-26(28)29)46-21-25-12-14-36(15-16-36)40(25)2/h5-11,13,17-20,25H,12,14-16,21H2,1-4H3,(H,39,43)/t25-/m0/s1. The number of hydrogen-bond donors (Lipinski definition) is 1. The van der Waals surface area contributed by atoms with Crippen molar-refractivity contribution in [3.8, 4) is 28.7 Å². The molecule has 0 radical (unpaired) electrons. The molecule has 1 N–H and O–H groups in total. The van der Waals surface area contributed by atoms with E-state index in [1.807, 2.05) is 24.3 Å². The Balaban J connectivity index is 1.08. The van der Waals surface area contributed by atoms with Crippen LogP contribution in [0.2, 0.25) is 0 Å². The third-order valence-electron chi connectivity index (χ3n) is 9.68. The SMILES string of the molecule is COc1cc2c(Oc3ccc(NC(=O)c4c(C)n(C)n(-c5ccccc5)c4=O)cc3F)ccnc2cc1OC[C@@H]1CCC2(CC2)N1C. The van der Waals surface area contributed by atoms with Crippen molar-refractivity contribution >= 4 is 22.5 Å². The van der Waals surface area contributed by atoms with Gasteiger partial charge in [-0.05, 0) is 76.1 Å². The Morgan fingerprint density at radius 3 is 2.49 bits per heavy atom. The summed E-state index contributed by atoms with van der Waals surface area (Å²) in [5.74, 6) is 0.116. The van der Waals surface area contributed by atoms with Crippen LogP contribution in [-0.2, 0) is 7.05 Å². The zero-order valence-electron chi connectivity index (χ0n) is 26.7. The number of nitrogens with one attached hydrogen (secondary N) is 1. The Labute approximate surface area is 271 Å². The molecule has 10 nitrogen and oxygen atoms in total. The minimum absolute atomic E-state index is 0.0280. The molecule has 3 heterocycles. The highest BCUT2D eigenvalue weighted by molar-refractivity contribution is 6.05. The largest absolute Gasteiger partial charge is 0.493 e. The van der Waals surface area contributed by atoms with Crippen LogP contribution in [0, 0.1) is 12.7 Å². The van der Waals surface area contributed by atoms with Gasteiger partial charge in [0.15, 0.2) is 23.1 Å². The number of rotatable bonds is 9. The molecular weight excluding hydrogens is 601 g/mol. The minimum atomic E-state index is -0.694. The van der Waals surface area contributed by atoms with Gasteiger partial charge in [-0.15, -0.1) is 0 Å². The summed E-state index contributed by atoms with van der Waals surface area (Å²) >= 11 is 0. The number of halogens is 1. The van der Waals surface area contributed by atoms with Gasteiger partial charge in [0.2, 0.25) is 0 Å². The number of methoxy groups -OCH3 is 1. The topological polar surface area (TPSA) is 99.9 Å². The average molecular weight is 638 g/mol. The van der Waals surface area contributed by atoms with Crippen LogP contribution in [0.1, 0.15) is 41.7 Å². The van der Waals surface area contributed by atoms with Crippen LogP contribution in [0.15, 0.2) is 77.7 Å². The minimum Gasteiger partial charge on any atom is -0.493 e. The molecule has 242 valence electrons. The van der Waals surface area contributed by atoms with Crippen molar-refractivity contribution in [2.45, 2.75) is 44.2 Å². The molecule has 47 heavy (non-hydrogen) atoms. The van der Waals surface area contributed by atoms with Crippen LogP contribution >= 0.6 is 0 Å². The number of fused-ring (bicyclic) bond motifs is 1. The maximum Gasteiger partial charge on any atom is 0.284 e. The summed E-state index contributed by atoms with van der Waals surface area (Å²) < 4.78 is 36.3. The van der Waals surface area contributed by atoms with E-state index in [1.165, 1.54) is 36.1 Å². The number of carbonyl (C=O) groups is 1. The Bertz CT molecular complexity index is 2050. The van der Waals surface area contributed by atoms with Gasteiger partial charge < -0.3 is 19.5 Å². The van der Waals surface area contributed by atoms with Gasteiger partial charge in [-0.25, -0.2) is 9.07 Å². The summed E-state index contributed by atoms with van der Waals surface area (Å²) in [6.45, 7) is 2.24. The molecule has 1 atom stereocenters. The Morgan fingerprint density at radius 1 is 1.00 bits per heavy atom. The second-order valence-corrected chi connectivity index (χ2v) is 12.3. The number of aromatic nitrogens is 3. The van der Waals surface area contributed by atoms with Gasteiger partial charge in [-0.1, -0.05) is 18.2 Å². The maximum absolute atomic E-state index is 15.4. The molecule has 1 saturated carbocycles. The highest BCUT2D eigenvalue weighted by Crippen LogP contribution is 2.51. The molecule has 11 heteroatoms. The van der Waals surface area contributed by atoms with Crippen molar-refractivity contribution in [3.63, 3.8) is 0 Å². The van der Waals surface area contributed by atoms with Crippen LogP contribution in [-0.4, -0.2) is 57.5 Å². The molecule has 3 aromatic carbocycles. The second-order valence-electron chi connectivity index (χ2n) is 12.3. The van der Waals surface area contributed by atoms with Gasteiger partial charge in [0.1, 0.15) is 17.9 Å². The summed E-state index contributed by atoms with van der Waals surface area (Å²) in [4.78, 5) is 33.4. The zero-order chi connectivity index (χ0) is 32.9. The number of nitrogens with zero attached hydrogens (tertiary/aromatic N) is 4. The van der Waals surface area contributed by atoms with E-state index in [2.05, 4.69) is 22.2 Å². The van der Waals surface area contributed by atoms with Crippen LogP contribution < -0.4 is 25.1 Å². The third-order valence-corrected chi connectivity index (χ3v) is 9.68. The highest BCUT2D eigenvalue weighted by atomic mass is 19.1. The van der Waals surface area contributed by atoms with E-state index < -0.39 is 17.3 Å². The maximum atomic E-state index is 15.4. The molecule has 1 aliphatic carbocycles. The van der Waals surface area contributed by atoms with Crippen LogP contribution in [0.4, 0.5) is 10.1 Å². The van der Waals surface area contributed by atoms with Gasteiger partial charge in [-0.3, -0.25) is 24.2 Å². The lowest BCUT2D eigenvalue weighted by Gasteiger charge is -2.25. The number of hydrogen-bond acceptors (Lipinski definition) is 7. The molecule has 1 saturated heterocycles. The zero-order valence-corrected chi connectivity index (χ0v) is 26.7. The summed E-state index contributed by atoms with van der Waals surface area (Å²) in [5.41, 5.74) is 1.77. The molecule has 1 spiro atoms. The molecule has 1 amide bonds. The summed E-state index contributed by atoms with van der Waals surface area (Å²) in [6.07, 6.45) is 6.42. The predicted molar refractivity (Wildman–Crippen MR) is 177 cm³/mol. The van der Waals surface area contributed by atoms with Crippen LogP contribution in [0.3, 0.4) is 0 Å². The quantitative estimate of drug-likeness (QED) is 0.205. The lowest BCUT2D eigenvalue weighted by Crippen LogP contribution is -2.37. The first kappa shape index (κ1) is 30.5. The van der Waals surface area contributed by atoms with Crippen molar-refractivity contribution in [1.29, 1.82) is 0 Å². The Kier molecular flexibility index (Phi) is 7.71. The number of amides is 1. The first-order valence-corrected chi connectivity index (χ1v) is 15.6. The van der Waals surface area contributed by atoms with Crippen molar-refractivity contribution in [2.24, 2.45) is 7.05 Å². The molecule has 0 bridgehead atoms. The number of carbonyl (C=O) groups excluding carboxylic acids is 1. The van der Waals surface area contributed by atoms with Crippen molar-refractivity contribution < 1.29 is 23.4 Å². The first-order valence-electron chi connectivity index (χ1n) is 15.6. The second kappa shape index (κ2) is 11.9. The number of anilines is 1. The van der Waals surface area contributed by atoms with E-state index in [0.717, 1.165) is 12.5 Å². The van der Waals surface area contributed by atoms with Crippen LogP contribution in [0.25, 0.3) is 16.6 Å². The molecule has 7 rings (SSSR count). The fraction of sp³-hybridized carbons (Fsp3) is 0.306. The summed E-state index contributed by atoms with van der Waals surface area (Å²) in [5, 5.41) is 3.28.